The van der Waals surface area contributed by atoms with Gasteiger partial charge >= 0.3 is 0 Å². The van der Waals surface area contributed by atoms with Crippen molar-refractivity contribution in [1.82, 2.24) is 4.98 Å². The van der Waals surface area contributed by atoms with Crippen molar-refractivity contribution in [2.45, 2.75) is 12.8 Å². The summed E-state index contributed by atoms with van der Waals surface area (Å²) in [5.41, 5.74) is 1.10. The molecule has 0 bridgehead atoms. The molecule has 0 aliphatic carbocycles. The number of nitrogens with zero attached hydrogens (tertiary/aromatic N) is 1. The molecule has 19 heavy (non-hydrogen) atoms. The van der Waals surface area contributed by atoms with Crippen LogP contribution in [0.2, 0.25) is 0 Å². The van der Waals surface area contributed by atoms with Crippen molar-refractivity contribution < 1.29 is 9.47 Å². The van der Waals surface area contributed by atoms with E-state index in [-0.39, 0.29) is 0 Å². The Bertz CT molecular complexity index is 600. The second-order valence-electron chi connectivity index (χ2n) is 4.68. The molecule has 2 aliphatic heterocycles. The number of nitrogens with one attached hydrogen (secondary N) is 1. The minimum Gasteiger partial charge on any atom is -0.486 e. The molecule has 0 saturated heterocycles. The molecule has 5 heteroatoms. The number of thiazole rings is 1. The number of fused-ring (bicyclic) bond motifs is 2. The first-order chi connectivity index (χ1) is 9.40. The van der Waals surface area contributed by atoms with Crippen LogP contribution >= 0.6 is 11.3 Å². The van der Waals surface area contributed by atoms with E-state index in [1.165, 1.54) is 11.3 Å². The smallest absolute Gasteiger partial charge is 0.162 e. The maximum absolute atomic E-state index is 5.62. The molecule has 0 amide bonds. The molecule has 0 spiro atoms. The molecule has 98 valence electrons. The van der Waals surface area contributed by atoms with E-state index in [9.17, 15) is 0 Å². The summed E-state index contributed by atoms with van der Waals surface area (Å²) < 4.78 is 11.2. The van der Waals surface area contributed by atoms with Gasteiger partial charge in [0.2, 0.25) is 0 Å². The van der Waals surface area contributed by atoms with Gasteiger partial charge in [-0.3, -0.25) is 0 Å². The molecule has 1 aromatic heterocycles. The van der Waals surface area contributed by atoms with E-state index in [0.717, 1.165) is 40.9 Å². The van der Waals surface area contributed by atoms with Crippen LogP contribution in [0.4, 0.5) is 5.82 Å². The summed E-state index contributed by atoms with van der Waals surface area (Å²) in [5.74, 6) is 2.71. The Morgan fingerprint density at radius 3 is 2.95 bits per heavy atom. The number of aromatic nitrogens is 1. The van der Waals surface area contributed by atoms with Gasteiger partial charge in [0.05, 0.1) is 0 Å². The highest BCUT2D eigenvalue weighted by molar-refractivity contribution is 7.15. The van der Waals surface area contributed by atoms with Gasteiger partial charge in [-0.05, 0) is 31.0 Å². The first-order valence-electron chi connectivity index (χ1n) is 6.54. The second-order valence-corrected chi connectivity index (χ2v) is 5.76. The van der Waals surface area contributed by atoms with Crippen LogP contribution in [-0.2, 0) is 6.42 Å². The van der Waals surface area contributed by atoms with Crippen LogP contribution in [0.25, 0.3) is 10.6 Å². The van der Waals surface area contributed by atoms with Crippen LogP contribution < -0.4 is 14.8 Å². The summed E-state index contributed by atoms with van der Waals surface area (Å²) in [6.07, 6.45) is 2.32. The fraction of sp³-hybridized carbons (Fsp3) is 0.357. The van der Waals surface area contributed by atoms with Gasteiger partial charge in [0, 0.05) is 17.0 Å². The van der Waals surface area contributed by atoms with Crippen molar-refractivity contribution in [3.63, 3.8) is 0 Å². The summed E-state index contributed by atoms with van der Waals surface area (Å²) in [6, 6.07) is 6.05. The van der Waals surface area contributed by atoms with Gasteiger partial charge in [-0.2, -0.15) is 0 Å². The first kappa shape index (κ1) is 11.1. The molecule has 1 aromatic carbocycles. The molecule has 0 fully saturated rings. The average molecular weight is 274 g/mol. The Balaban J connectivity index is 1.73. The summed E-state index contributed by atoms with van der Waals surface area (Å²) in [4.78, 5) is 6.04. The van der Waals surface area contributed by atoms with Crippen LogP contribution in [-0.4, -0.2) is 24.7 Å². The Morgan fingerprint density at radius 2 is 2.05 bits per heavy atom. The molecule has 0 saturated carbocycles. The highest BCUT2D eigenvalue weighted by Crippen LogP contribution is 2.38. The number of aryl methyl sites for hydroxylation is 1. The van der Waals surface area contributed by atoms with E-state index in [1.807, 2.05) is 12.1 Å². The summed E-state index contributed by atoms with van der Waals surface area (Å²) in [6.45, 7) is 2.27. The maximum Gasteiger partial charge on any atom is 0.162 e. The van der Waals surface area contributed by atoms with Crippen molar-refractivity contribution in [3.8, 4) is 22.1 Å². The van der Waals surface area contributed by atoms with Crippen LogP contribution in [0, 0.1) is 0 Å². The normalized spacial score (nSPS) is 16.6. The second kappa shape index (κ2) is 4.42. The number of rotatable bonds is 1. The third kappa shape index (κ3) is 1.94. The first-order valence-corrected chi connectivity index (χ1v) is 7.35. The van der Waals surface area contributed by atoms with Gasteiger partial charge in [-0.1, -0.05) is 0 Å². The molecule has 4 nitrogen and oxygen atoms in total. The number of hydrogen-bond donors (Lipinski definition) is 1. The van der Waals surface area contributed by atoms with E-state index >= 15 is 0 Å². The van der Waals surface area contributed by atoms with Gasteiger partial charge in [0.1, 0.15) is 24.0 Å². The van der Waals surface area contributed by atoms with Crippen molar-refractivity contribution >= 4 is 17.2 Å². The van der Waals surface area contributed by atoms with E-state index in [4.69, 9.17) is 9.47 Å². The summed E-state index contributed by atoms with van der Waals surface area (Å²) in [7, 11) is 0. The molecule has 1 N–H and O–H groups in total. The topological polar surface area (TPSA) is 43.4 Å². The van der Waals surface area contributed by atoms with Gasteiger partial charge in [-0.25, -0.2) is 4.98 Å². The summed E-state index contributed by atoms with van der Waals surface area (Å²) >= 11 is 1.77. The lowest BCUT2D eigenvalue weighted by Crippen LogP contribution is -2.15. The SMILES string of the molecule is c1cc2c(cc1-c1nc3c(s1)CCCN3)OCCO2. The lowest BCUT2D eigenvalue weighted by molar-refractivity contribution is 0.171. The van der Waals surface area contributed by atoms with Crippen LogP contribution in [0.3, 0.4) is 0 Å². The third-order valence-electron chi connectivity index (χ3n) is 3.36. The van der Waals surface area contributed by atoms with Gasteiger partial charge in [-0.15, -0.1) is 11.3 Å². The fourth-order valence-corrected chi connectivity index (χ4v) is 3.49. The number of ether oxygens (including phenoxy) is 2. The molecular weight excluding hydrogens is 260 g/mol. The molecule has 4 rings (SSSR count). The molecule has 3 heterocycles. The Labute approximate surface area is 115 Å². The Kier molecular flexibility index (Phi) is 2.58. The predicted octanol–water partition coefficient (Wildman–Crippen LogP) is 2.94. The quantitative estimate of drug-likeness (QED) is 0.868. The lowest BCUT2D eigenvalue weighted by Gasteiger charge is -2.18. The van der Waals surface area contributed by atoms with E-state index in [1.54, 1.807) is 11.3 Å². The van der Waals surface area contributed by atoms with Crippen molar-refractivity contribution in [2.24, 2.45) is 0 Å². The lowest BCUT2D eigenvalue weighted by atomic mass is 10.2. The van der Waals surface area contributed by atoms with Crippen molar-refractivity contribution in [2.75, 3.05) is 25.1 Å². The van der Waals surface area contributed by atoms with E-state index in [2.05, 4.69) is 16.4 Å². The molecule has 2 aliphatic rings. The zero-order valence-electron chi connectivity index (χ0n) is 10.4. The van der Waals surface area contributed by atoms with Gasteiger partial charge < -0.3 is 14.8 Å². The molecule has 0 atom stereocenters. The molecule has 0 radical (unpaired) electrons. The van der Waals surface area contributed by atoms with Gasteiger partial charge in [0.15, 0.2) is 11.5 Å². The van der Waals surface area contributed by atoms with Crippen LogP contribution in [0.5, 0.6) is 11.5 Å². The maximum atomic E-state index is 5.62. The van der Waals surface area contributed by atoms with Crippen molar-refractivity contribution in [1.29, 1.82) is 0 Å². The van der Waals surface area contributed by atoms with Gasteiger partial charge in [0.25, 0.3) is 0 Å². The molecule has 2 aromatic rings. The fourth-order valence-electron chi connectivity index (χ4n) is 2.41. The standard InChI is InChI=1S/C14H14N2O2S/c1-2-12-13(15-5-1)16-14(19-12)9-3-4-10-11(8-9)18-7-6-17-10/h3-4,8,15H,1-2,5-7H2. The number of anilines is 1. The Hall–Kier alpha value is -1.75. The van der Waals surface area contributed by atoms with E-state index in [0.29, 0.717) is 13.2 Å². The minimum atomic E-state index is 0.617. The largest absolute Gasteiger partial charge is 0.486 e. The monoisotopic (exact) mass is 274 g/mol. The third-order valence-corrected chi connectivity index (χ3v) is 4.52. The van der Waals surface area contributed by atoms with Crippen LogP contribution in [0.1, 0.15) is 11.3 Å². The highest BCUT2D eigenvalue weighted by atomic mass is 32.1. The van der Waals surface area contributed by atoms with E-state index < -0.39 is 0 Å². The zero-order chi connectivity index (χ0) is 12.7. The minimum absolute atomic E-state index is 0.617. The predicted molar refractivity (Wildman–Crippen MR) is 75.4 cm³/mol. The highest BCUT2D eigenvalue weighted by Gasteiger charge is 2.18. The molecule has 0 unspecified atom stereocenters. The van der Waals surface area contributed by atoms with Crippen LogP contribution in [0.15, 0.2) is 18.2 Å². The Morgan fingerprint density at radius 1 is 1.16 bits per heavy atom. The number of hydrogen-bond acceptors (Lipinski definition) is 5. The van der Waals surface area contributed by atoms with Crippen molar-refractivity contribution in [3.05, 3.63) is 23.1 Å². The number of benzene rings is 1. The zero-order valence-corrected chi connectivity index (χ0v) is 11.3. The summed E-state index contributed by atoms with van der Waals surface area (Å²) in [5, 5.41) is 4.41. The molecular formula is C14H14N2O2S. The average Bonchev–Trinajstić information content (AvgIpc) is 2.90.